The van der Waals surface area contributed by atoms with Gasteiger partial charge in [0.1, 0.15) is 0 Å². The van der Waals surface area contributed by atoms with Gasteiger partial charge < -0.3 is 5.73 Å². The number of rotatable bonds is 2. The second-order valence-corrected chi connectivity index (χ2v) is 1.45. The van der Waals surface area contributed by atoms with Crippen LogP contribution in [-0.4, -0.2) is 17.0 Å². The maximum Gasteiger partial charge on any atom is 0.275 e. The highest BCUT2D eigenvalue weighted by atomic mass is 16.6. The summed E-state index contributed by atoms with van der Waals surface area (Å²) in [7, 11) is 1.41. The molecule has 0 atom stereocenters. The van der Waals surface area contributed by atoms with Crippen molar-refractivity contribution in [3.63, 3.8) is 0 Å². The topological polar surface area (TPSA) is 98.4 Å². The standard InChI is InChI=1S/C3H8N4O2/c1-6(5)3(4)2-7(8)9/h2H,4-5H2,1H3. The average molecular weight is 132 g/mol. The van der Waals surface area contributed by atoms with Gasteiger partial charge in [-0.25, -0.2) is 5.84 Å². The summed E-state index contributed by atoms with van der Waals surface area (Å²) in [5.74, 6) is 4.94. The van der Waals surface area contributed by atoms with Crippen molar-refractivity contribution in [3.05, 3.63) is 22.1 Å². The first-order valence-corrected chi connectivity index (χ1v) is 2.13. The van der Waals surface area contributed by atoms with E-state index in [0.29, 0.717) is 6.20 Å². The lowest BCUT2D eigenvalue weighted by Gasteiger charge is -2.07. The van der Waals surface area contributed by atoms with Gasteiger partial charge in [-0.15, -0.1) is 0 Å². The molecule has 0 saturated heterocycles. The van der Waals surface area contributed by atoms with E-state index in [2.05, 4.69) is 0 Å². The van der Waals surface area contributed by atoms with Crippen molar-refractivity contribution in [3.8, 4) is 0 Å². The summed E-state index contributed by atoms with van der Waals surface area (Å²) in [4.78, 5) is 9.01. The zero-order valence-corrected chi connectivity index (χ0v) is 4.94. The highest BCUT2D eigenvalue weighted by Gasteiger charge is 1.97. The predicted molar refractivity (Wildman–Crippen MR) is 31.2 cm³/mol. The highest BCUT2D eigenvalue weighted by molar-refractivity contribution is 4.85. The van der Waals surface area contributed by atoms with Crippen LogP contribution in [0, 0.1) is 10.1 Å². The molecule has 0 unspecified atom stereocenters. The van der Waals surface area contributed by atoms with Crippen molar-refractivity contribution in [2.75, 3.05) is 7.05 Å². The van der Waals surface area contributed by atoms with Crippen LogP contribution in [0.5, 0.6) is 0 Å². The van der Waals surface area contributed by atoms with Crippen molar-refractivity contribution in [1.29, 1.82) is 0 Å². The van der Waals surface area contributed by atoms with E-state index in [4.69, 9.17) is 11.6 Å². The summed E-state index contributed by atoms with van der Waals surface area (Å²) in [5.41, 5.74) is 5.04. The third kappa shape index (κ3) is 3.30. The van der Waals surface area contributed by atoms with E-state index in [1.54, 1.807) is 0 Å². The van der Waals surface area contributed by atoms with Crippen LogP contribution < -0.4 is 11.6 Å². The van der Waals surface area contributed by atoms with Crippen LogP contribution in [-0.2, 0) is 0 Å². The van der Waals surface area contributed by atoms with Crippen molar-refractivity contribution in [2.24, 2.45) is 11.6 Å². The molecule has 0 fully saturated rings. The van der Waals surface area contributed by atoms with Crippen LogP contribution in [0.15, 0.2) is 12.0 Å². The van der Waals surface area contributed by atoms with E-state index in [9.17, 15) is 10.1 Å². The fraction of sp³-hybridized carbons (Fsp3) is 0.333. The van der Waals surface area contributed by atoms with E-state index >= 15 is 0 Å². The Morgan fingerprint density at radius 2 is 2.33 bits per heavy atom. The van der Waals surface area contributed by atoms with E-state index in [1.165, 1.54) is 7.05 Å². The number of nitrogens with two attached hydrogens (primary N) is 2. The smallest absolute Gasteiger partial charge is 0.275 e. The molecular weight excluding hydrogens is 124 g/mol. The molecule has 0 aromatic heterocycles. The van der Waals surface area contributed by atoms with Crippen molar-refractivity contribution >= 4 is 0 Å². The van der Waals surface area contributed by atoms with Crippen LogP contribution in [0.2, 0.25) is 0 Å². The predicted octanol–water partition coefficient (Wildman–Crippen LogP) is -1.17. The lowest BCUT2D eigenvalue weighted by atomic mass is 10.7. The van der Waals surface area contributed by atoms with Crippen molar-refractivity contribution in [2.45, 2.75) is 0 Å². The third-order valence-corrected chi connectivity index (χ3v) is 0.645. The molecule has 0 aromatic rings. The molecule has 52 valence electrons. The van der Waals surface area contributed by atoms with Gasteiger partial charge in [-0.05, 0) is 0 Å². The molecular formula is C3H8N4O2. The summed E-state index contributed by atoms with van der Waals surface area (Å²) in [6, 6.07) is 0. The van der Waals surface area contributed by atoms with Gasteiger partial charge in [0.15, 0.2) is 5.82 Å². The average Bonchev–Trinajstić information content (AvgIpc) is 1.63. The molecule has 0 bridgehead atoms. The summed E-state index contributed by atoms with van der Waals surface area (Å²) in [5, 5.41) is 10.6. The largest absolute Gasteiger partial charge is 0.379 e. The minimum absolute atomic E-state index is 0.0833. The van der Waals surface area contributed by atoms with Gasteiger partial charge in [0, 0.05) is 7.05 Å². The lowest BCUT2D eigenvalue weighted by molar-refractivity contribution is -0.404. The minimum atomic E-state index is -0.668. The zero-order chi connectivity index (χ0) is 7.44. The fourth-order valence-electron chi connectivity index (χ4n) is 0.199. The normalized spacial score (nSPS) is 11.1. The van der Waals surface area contributed by atoms with Crippen LogP contribution in [0.4, 0.5) is 0 Å². The van der Waals surface area contributed by atoms with E-state index < -0.39 is 4.92 Å². The molecule has 6 heteroatoms. The van der Waals surface area contributed by atoms with Crippen LogP contribution in [0.3, 0.4) is 0 Å². The Morgan fingerprint density at radius 1 is 1.89 bits per heavy atom. The molecule has 0 radical (unpaired) electrons. The van der Waals surface area contributed by atoms with Crippen LogP contribution in [0.1, 0.15) is 0 Å². The number of hydrazine groups is 1. The van der Waals surface area contributed by atoms with Gasteiger partial charge in [0.2, 0.25) is 0 Å². The van der Waals surface area contributed by atoms with Crippen molar-refractivity contribution in [1.82, 2.24) is 5.01 Å². The van der Waals surface area contributed by atoms with Gasteiger partial charge in [0.05, 0.1) is 4.92 Å². The van der Waals surface area contributed by atoms with Gasteiger partial charge in [-0.1, -0.05) is 0 Å². The van der Waals surface area contributed by atoms with E-state index in [-0.39, 0.29) is 5.82 Å². The summed E-state index contributed by atoms with van der Waals surface area (Å²) < 4.78 is 0. The molecule has 4 N–H and O–H groups in total. The molecule has 0 amide bonds. The molecule has 0 aromatic carbocycles. The molecule has 0 heterocycles. The zero-order valence-electron chi connectivity index (χ0n) is 4.94. The number of hydrogen-bond acceptors (Lipinski definition) is 5. The Labute approximate surface area is 51.8 Å². The second kappa shape index (κ2) is 2.88. The summed E-state index contributed by atoms with van der Waals surface area (Å²) >= 11 is 0. The Kier molecular flexibility index (Phi) is 2.46. The number of nitrogens with zero attached hydrogens (tertiary/aromatic N) is 2. The van der Waals surface area contributed by atoms with Crippen LogP contribution in [0.25, 0.3) is 0 Å². The Balaban J connectivity index is 4.00. The fourth-order valence-corrected chi connectivity index (χ4v) is 0.199. The number of nitro groups is 1. The molecule has 6 nitrogen and oxygen atoms in total. The maximum atomic E-state index is 9.68. The maximum absolute atomic E-state index is 9.68. The molecule has 0 spiro atoms. The first kappa shape index (κ1) is 7.70. The monoisotopic (exact) mass is 132 g/mol. The summed E-state index contributed by atoms with van der Waals surface area (Å²) in [6.45, 7) is 0. The molecule has 0 aliphatic carbocycles. The molecule has 0 aliphatic heterocycles. The Bertz CT molecular complexity index is 141. The first-order chi connectivity index (χ1) is 4.04. The highest BCUT2D eigenvalue weighted by Crippen LogP contribution is 1.83. The van der Waals surface area contributed by atoms with Gasteiger partial charge >= 0.3 is 0 Å². The second-order valence-electron chi connectivity index (χ2n) is 1.45. The van der Waals surface area contributed by atoms with E-state index in [0.717, 1.165) is 5.01 Å². The van der Waals surface area contributed by atoms with Crippen LogP contribution >= 0.6 is 0 Å². The summed E-state index contributed by atoms with van der Waals surface area (Å²) in [6.07, 6.45) is 0.625. The van der Waals surface area contributed by atoms with Gasteiger partial charge in [0.25, 0.3) is 6.20 Å². The van der Waals surface area contributed by atoms with Gasteiger partial charge in [-0.2, -0.15) is 0 Å². The van der Waals surface area contributed by atoms with E-state index in [1.807, 2.05) is 0 Å². The quantitative estimate of drug-likeness (QED) is 0.280. The van der Waals surface area contributed by atoms with Crippen molar-refractivity contribution < 1.29 is 4.92 Å². The van der Waals surface area contributed by atoms with Gasteiger partial charge in [-0.3, -0.25) is 15.1 Å². The Morgan fingerprint density at radius 3 is 2.44 bits per heavy atom. The first-order valence-electron chi connectivity index (χ1n) is 2.13. The Hall–Kier alpha value is -1.30. The lowest BCUT2D eigenvalue weighted by Crippen LogP contribution is -2.30. The molecule has 9 heavy (non-hydrogen) atoms. The number of hydrogen-bond donors (Lipinski definition) is 2. The third-order valence-electron chi connectivity index (χ3n) is 0.645. The minimum Gasteiger partial charge on any atom is -0.379 e. The SMILES string of the molecule is CN(N)C(N)=C[N+](=O)[O-]. The molecule has 0 rings (SSSR count). The molecule has 0 aliphatic rings. The molecule has 0 saturated carbocycles.